The number of nitrogens with one attached hydrogen (secondary N) is 1. The van der Waals surface area contributed by atoms with E-state index in [-0.39, 0.29) is 12.5 Å². The van der Waals surface area contributed by atoms with Crippen LogP contribution >= 0.6 is 7.82 Å². The van der Waals surface area contributed by atoms with E-state index in [0.717, 1.165) is 96.3 Å². The number of hydrogen-bond donors (Lipinski definition) is 2. The van der Waals surface area contributed by atoms with Crippen molar-refractivity contribution in [2.45, 2.75) is 257 Å². The Bertz CT molecular complexity index is 1650. The number of nitrogens with zero attached hydrogens (tertiary/aromatic N) is 1. The second-order valence-corrected chi connectivity index (χ2v) is 23.1. The molecule has 0 aromatic rings. The van der Waals surface area contributed by atoms with Gasteiger partial charge in [-0.3, -0.25) is 9.36 Å². The first-order chi connectivity index (χ1) is 37.0. The molecule has 3 atom stereocenters. The lowest BCUT2D eigenvalue weighted by Gasteiger charge is -2.29. The number of aliphatic hydroxyl groups excluding tert-OH is 1. The van der Waals surface area contributed by atoms with Crippen LogP contribution in [0.2, 0.25) is 0 Å². The maximum absolute atomic E-state index is 13.0. The number of allylic oxidation sites excluding steroid dienone is 19. The third kappa shape index (κ3) is 58.6. The zero-order chi connectivity index (χ0) is 55.6. The first kappa shape index (κ1) is 72.9. The second-order valence-electron chi connectivity index (χ2n) is 21.7. The minimum Gasteiger partial charge on any atom is -0.756 e. The van der Waals surface area contributed by atoms with E-state index in [1.54, 1.807) is 6.08 Å². The van der Waals surface area contributed by atoms with Gasteiger partial charge in [0.05, 0.1) is 39.9 Å². The summed E-state index contributed by atoms with van der Waals surface area (Å²) in [7, 11) is 1.22. The van der Waals surface area contributed by atoms with Crippen LogP contribution in [0, 0.1) is 0 Å². The predicted octanol–water partition coefficient (Wildman–Crippen LogP) is 18.7. The monoisotopic (exact) mass is 1080 g/mol. The van der Waals surface area contributed by atoms with E-state index >= 15 is 0 Å². The fourth-order valence-corrected chi connectivity index (χ4v) is 9.10. The van der Waals surface area contributed by atoms with Gasteiger partial charge in [-0.25, -0.2) is 0 Å². The number of carbonyl (C=O) groups is 1. The SMILES string of the molecule is CC/C=C\C/C=C\C/C=C\C/C=C\C/C=C\C/C=C\C/C=C\C/C=C\C/C=C\CCCCCC(=O)NC(COP(=O)([O-])OCC[N+](C)(C)C)C(O)/C=C/CCCCCCCCCCCCCCCCCCCCCCC. The lowest BCUT2D eigenvalue weighted by molar-refractivity contribution is -0.870. The van der Waals surface area contributed by atoms with Gasteiger partial charge in [0.1, 0.15) is 13.2 Å². The van der Waals surface area contributed by atoms with Crippen LogP contribution in [0.15, 0.2) is 122 Å². The zero-order valence-electron chi connectivity index (χ0n) is 49.7. The smallest absolute Gasteiger partial charge is 0.268 e. The van der Waals surface area contributed by atoms with Gasteiger partial charge in [0.2, 0.25) is 5.91 Å². The summed E-state index contributed by atoms with van der Waals surface area (Å²) >= 11 is 0. The number of rotatable bonds is 55. The van der Waals surface area contributed by atoms with Crippen LogP contribution in [0.4, 0.5) is 0 Å². The molecular weight excluding hydrogens is 960 g/mol. The summed E-state index contributed by atoms with van der Waals surface area (Å²) < 4.78 is 23.4. The Morgan fingerprint density at radius 1 is 0.474 bits per heavy atom. The summed E-state index contributed by atoms with van der Waals surface area (Å²) in [6.07, 6.45) is 84.2. The third-order valence-electron chi connectivity index (χ3n) is 13.2. The van der Waals surface area contributed by atoms with E-state index in [9.17, 15) is 19.4 Å². The Kier molecular flexibility index (Phi) is 54.3. The number of likely N-dealkylation sites (N-methyl/N-ethyl adjacent to an activating group) is 1. The normalized spacial score (nSPS) is 14.7. The van der Waals surface area contributed by atoms with Gasteiger partial charge in [-0.2, -0.15) is 0 Å². The molecule has 0 heterocycles. The fourth-order valence-electron chi connectivity index (χ4n) is 8.38. The minimum atomic E-state index is -4.62. The molecule has 0 saturated carbocycles. The maximum Gasteiger partial charge on any atom is 0.268 e. The second kappa shape index (κ2) is 56.6. The lowest BCUT2D eigenvalue weighted by Crippen LogP contribution is -2.45. The molecule has 0 aliphatic carbocycles. The van der Waals surface area contributed by atoms with Gasteiger partial charge in [0, 0.05) is 6.42 Å². The molecule has 0 radical (unpaired) electrons. The Hall–Kier alpha value is -3.10. The first-order valence-corrected chi connectivity index (χ1v) is 32.4. The van der Waals surface area contributed by atoms with E-state index in [0.29, 0.717) is 23.9 Å². The van der Waals surface area contributed by atoms with Crippen LogP contribution < -0.4 is 10.2 Å². The van der Waals surface area contributed by atoms with Crippen LogP contribution in [0.3, 0.4) is 0 Å². The number of aliphatic hydroxyl groups is 1. The molecule has 0 aromatic heterocycles. The standard InChI is InChI=1S/C67H117N2O6P/c1-6-8-10-12-14-16-18-20-22-24-26-28-30-31-32-33-34-35-36-37-39-41-43-45-47-49-51-53-55-57-59-61-67(71)68-65(64-75-76(72,73)74-63-62-69(3,4)5)66(70)60-58-56-54-52-50-48-46-44-42-40-38-29-27-25-23-21-19-17-15-13-11-9-7-2/h8,10,14,16,20,22,26,28,31-32,34-35,37,39,43,45,49,51,58,60,65-66,70H,6-7,9,11-13,15,17-19,21,23-25,27,29-30,33,36,38,40-42,44,46-48,50,52-57,59,61-64H2,1-5H3,(H-,68,71,72,73)/b10-8-,16-14-,22-20-,28-26-,32-31-,35-34-,39-37-,45-43-,51-49-,60-58+. The van der Waals surface area contributed by atoms with Crippen molar-refractivity contribution in [3.8, 4) is 0 Å². The van der Waals surface area contributed by atoms with Crippen LogP contribution in [0.1, 0.15) is 245 Å². The Morgan fingerprint density at radius 3 is 1.17 bits per heavy atom. The summed E-state index contributed by atoms with van der Waals surface area (Å²) in [6.45, 7) is 4.51. The van der Waals surface area contributed by atoms with Crippen molar-refractivity contribution < 1.29 is 32.9 Å². The highest BCUT2D eigenvalue weighted by atomic mass is 31.2. The number of amides is 1. The summed E-state index contributed by atoms with van der Waals surface area (Å²) in [5.74, 6) is -0.232. The molecule has 0 saturated heterocycles. The van der Waals surface area contributed by atoms with Gasteiger partial charge in [0.15, 0.2) is 0 Å². The summed E-state index contributed by atoms with van der Waals surface area (Å²) in [5, 5.41) is 13.9. The van der Waals surface area contributed by atoms with Gasteiger partial charge in [-0.05, 0) is 89.9 Å². The van der Waals surface area contributed by atoms with Gasteiger partial charge in [-0.15, -0.1) is 0 Å². The number of hydrogen-bond acceptors (Lipinski definition) is 6. The Balaban J connectivity index is 4.31. The Labute approximate surface area is 469 Å². The predicted molar refractivity (Wildman–Crippen MR) is 329 cm³/mol. The van der Waals surface area contributed by atoms with E-state index < -0.39 is 26.6 Å². The zero-order valence-corrected chi connectivity index (χ0v) is 50.6. The molecule has 0 bridgehead atoms. The molecule has 0 aliphatic heterocycles. The van der Waals surface area contributed by atoms with E-state index in [4.69, 9.17) is 9.05 Å². The molecule has 0 rings (SSSR count). The molecule has 9 heteroatoms. The topological polar surface area (TPSA) is 108 Å². The van der Waals surface area contributed by atoms with E-state index in [2.05, 4.69) is 129 Å². The fraction of sp³-hybridized carbons (Fsp3) is 0.687. The molecule has 436 valence electrons. The molecule has 0 fully saturated rings. The molecule has 2 N–H and O–H groups in total. The summed E-state index contributed by atoms with van der Waals surface area (Å²) in [5.41, 5.74) is 0. The number of phosphoric ester groups is 1. The van der Waals surface area contributed by atoms with Crippen molar-refractivity contribution in [2.24, 2.45) is 0 Å². The first-order valence-electron chi connectivity index (χ1n) is 30.9. The average Bonchev–Trinajstić information content (AvgIpc) is 3.38. The maximum atomic E-state index is 13.0. The van der Waals surface area contributed by atoms with Crippen molar-refractivity contribution in [2.75, 3.05) is 40.9 Å². The highest BCUT2D eigenvalue weighted by Gasteiger charge is 2.23. The molecule has 0 spiro atoms. The number of unbranched alkanes of at least 4 members (excludes halogenated alkanes) is 24. The quantitative estimate of drug-likeness (QED) is 0.0272. The van der Waals surface area contributed by atoms with Crippen molar-refractivity contribution in [3.63, 3.8) is 0 Å². The highest BCUT2D eigenvalue weighted by molar-refractivity contribution is 7.45. The summed E-state index contributed by atoms with van der Waals surface area (Å²) in [4.78, 5) is 25.5. The highest BCUT2D eigenvalue weighted by Crippen LogP contribution is 2.38. The number of carbonyl (C=O) groups excluding carboxylic acids is 1. The van der Waals surface area contributed by atoms with E-state index in [1.807, 2.05) is 27.2 Å². The van der Waals surface area contributed by atoms with Crippen molar-refractivity contribution in [1.82, 2.24) is 5.32 Å². The molecule has 0 aliphatic rings. The average molecular weight is 1080 g/mol. The van der Waals surface area contributed by atoms with Gasteiger partial charge >= 0.3 is 0 Å². The van der Waals surface area contributed by atoms with Crippen molar-refractivity contribution in [1.29, 1.82) is 0 Å². The van der Waals surface area contributed by atoms with E-state index in [1.165, 1.54) is 122 Å². The number of quaternary nitrogens is 1. The lowest BCUT2D eigenvalue weighted by atomic mass is 10.0. The Morgan fingerprint density at radius 2 is 0.803 bits per heavy atom. The summed E-state index contributed by atoms with van der Waals surface area (Å²) in [6, 6.07) is -0.915. The van der Waals surface area contributed by atoms with Crippen LogP contribution in [-0.4, -0.2) is 68.5 Å². The molecular formula is C67H117N2O6P. The van der Waals surface area contributed by atoms with Crippen molar-refractivity contribution >= 4 is 13.7 Å². The van der Waals surface area contributed by atoms with Gasteiger partial charge in [0.25, 0.3) is 7.82 Å². The molecule has 1 amide bonds. The molecule has 76 heavy (non-hydrogen) atoms. The van der Waals surface area contributed by atoms with Crippen LogP contribution in [0.5, 0.6) is 0 Å². The van der Waals surface area contributed by atoms with Crippen LogP contribution in [-0.2, 0) is 18.4 Å². The molecule has 8 nitrogen and oxygen atoms in total. The number of phosphoric acid groups is 1. The largest absolute Gasteiger partial charge is 0.756 e. The van der Waals surface area contributed by atoms with Crippen LogP contribution in [0.25, 0.3) is 0 Å². The minimum absolute atomic E-state index is 0.0143. The van der Waals surface area contributed by atoms with Crippen molar-refractivity contribution in [3.05, 3.63) is 122 Å². The molecule has 3 unspecified atom stereocenters. The van der Waals surface area contributed by atoms with Gasteiger partial charge in [-0.1, -0.05) is 270 Å². The molecule has 0 aromatic carbocycles. The van der Waals surface area contributed by atoms with Gasteiger partial charge < -0.3 is 28.8 Å². The third-order valence-corrected chi connectivity index (χ3v) is 14.1.